The fourth-order valence-corrected chi connectivity index (χ4v) is 3.17. The van der Waals surface area contributed by atoms with Crippen LogP contribution in [-0.4, -0.2) is 36.6 Å². The van der Waals surface area contributed by atoms with Crippen molar-refractivity contribution in [3.05, 3.63) is 35.9 Å². The van der Waals surface area contributed by atoms with E-state index in [9.17, 15) is 9.90 Å². The van der Waals surface area contributed by atoms with E-state index >= 15 is 0 Å². The summed E-state index contributed by atoms with van der Waals surface area (Å²) < 4.78 is 10.8. The standard InChI is InChI=1S/C15H19NO4/c17-10-14-7-15(8-14,20-11-14)9-16-13(18)19-6-12-4-2-1-3-5-12/h1-5,17H,6-11H2,(H,16,18). The van der Waals surface area contributed by atoms with Crippen molar-refractivity contribution in [1.82, 2.24) is 5.32 Å². The van der Waals surface area contributed by atoms with E-state index in [-0.39, 0.29) is 24.2 Å². The molecule has 1 aromatic carbocycles. The van der Waals surface area contributed by atoms with Gasteiger partial charge in [0.05, 0.1) is 18.8 Å². The van der Waals surface area contributed by atoms with Crippen LogP contribution in [0.3, 0.4) is 0 Å². The van der Waals surface area contributed by atoms with Crippen molar-refractivity contribution in [2.75, 3.05) is 19.8 Å². The van der Waals surface area contributed by atoms with Gasteiger partial charge in [0.2, 0.25) is 0 Å². The first kappa shape index (κ1) is 13.4. The molecule has 0 aromatic heterocycles. The predicted octanol–water partition coefficient (Wildman–Crippen LogP) is 1.45. The molecular formula is C15H19NO4. The van der Waals surface area contributed by atoms with E-state index < -0.39 is 6.09 Å². The van der Waals surface area contributed by atoms with Gasteiger partial charge in [-0.15, -0.1) is 0 Å². The van der Waals surface area contributed by atoms with E-state index in [1.807, 2.05) is 30.3 Å². The molecule has 3 fully saturated rings. The van der Waals surface area contributed by atoms with Crippen LogP contribution in [0.2, 0.25) is 0 Å². The number of benzene rings is 1. The van der Waals surface area contributed by atoms with Crippen LogP contribution in [0.15, 0.2) is 30.3 Å². The molecule has 5 nitrogen and oxygen atoms in total. The number of aliphatic hydroxyl groups is 1. The maximum atomic E-state index is 11.6. The number of hydrogen-bond donors (Lipinski definition) is 2. The molecule has 20 heavy (non-hydrogen) atoms. The second-order valence-electron chi connectivity index (χ2n) is 5.90. The molecule has 1 aromatic rings. The predicted molar refractivity (Wildman–Crippen MR) is 72.1 cm³/mol. The first-order valence-electron chi connectivity index (χ1n) is 6.85. The van der Waals surface area contributed by atoms with E-state index in [1.165, 1.54) is 0 Å². The zero-order valence-electron chi connectivity index (χ0n) is 11.3. The third-order valence-electron chi connectivity index (χ3n) is 4.18. The second-order valence-corrected chi connectivity index (χ2v) is 5.90. The van der Waals surface area contributed by atoms with E-state index in [2.05, 4.69) is 5.32 Å². The van der Waals surface area contributed by atoms with Gasteiger partial charge in [-0.2, -0.15) is 0 Å². The van der Waals surface area contributed by atoms with Crippen LogP contribution >= 0.6 is 0 Å². The number of fused-ring (bicyclic) bond motifs is 1. The Labute approximate surface area is 117 Å². The SMILES string of the molecule is O=C(NCC12CC(CO)(CO1)C2)OCc1ccccc1. The molecule has 0 unspecified atom stereocenters. The average molecular weight is 277 g/mol. The third-order valence-corrected chi connectivity index (χ3v) is 4.18. The monoisotopic (exact) mass is 277 g/mol. The normalized spacial score (nSPS) is 30.6. The first-order chi connectivity index (χ1) is 9.65. The number of alkyl carbamates (subject to hydrolysis) is 1. The minimum absolute atomic E-state index is 0.0599. The average Bonchev–Trinajstić information content (AvgIpc) is 3.00. The lowest BCUT2D eigenvalue weighted by Crippen LogP contribution is -2.52. The van der Waals surface area contributed by atoms with Crippen LogP contribution in [0, 0.1) is 5.41 Å². The largest absolute Gasteiger partial charge is 0.445 e. The van der Waals surface area contributed by atoms with Gasteiger partial charge in [0.25, 0.3) is 0 Å². The Balaban J connectivity index is 1.40. The fourth-order valence-electron chi connectivity index (χ4n) is 3.17. The van der Waals surface area contributed by atoms with E-state index in [0.717, 1.165) is 18.4 Å². The van der Waals surface area contributed by atoms with Gasteiger partial charge < -0.3 is 19.9 Å². The Morgan fingerprint density at radius 1 is 1.35 bits per heavy atom. The van der Waals surface area contributed by atoms with Gasteiger partial charge in [0, 0.05) is 12.0 Å². The Kier molecular flexibility index (Phi) is 3.40. The molecule has 2 saturated heterocycles. The van der Waals surface area contributed by atoms with Crippen LogP contribution in [-0.2, 0) is 16.1 Å². The lowest BCUT2D eigenvalue weighted by molar-refractivity contribution is -0.0266. The molecule has 0 spiro atoms. The maximum Gasteiger partial charge on any atom is 0.407 e. The Bertz CT molecular complexity index is 482. The van der Waals surface area contributed by atoms with Crippen LogP contribution in [0.5, 0.6) is 0 Å². The number of nitrogens with one attached hydrogen (secondary N) is 1. The van der Waals surface area contributed by atoms with Crippen molar-refractivity contribution in [2.45, 2.75) is 25.0 Å². The quantitative estimate of drug-likeness (QED) is 0.855. The molecule has 3 aliphatic rings. The topological polar surface area (TPSA) is 67.8 Å². The van der Waals surface area contributed by atoms with E-state index in [4.69, 9.17) is 9.47 Å². The molecule has 2 bridgehead atoms. The molecule has 2 N–H and O–H groups in total. The summed E-state index contributed by atoms with van der Waals surface area (Å²) in [4.78, 5) is 11.6. The molecular weight excluding hydrogens is 258 g/mol. The highest BCUT2D eigenvalue weighted by atomic mass is 16.6. The molecule has 5 heteroatoms. The minimum atomic E-state index is -0.430. The molecule has 1 amide bonds. The molecule has 2 aliphatic heterocycles. The van der Waals surface area contributed by atoms with Crippen LogP contribution in [0.1, 0.15) is 18.4 Å². The van der Waals surface area contributed by atoms with Crippen LogP contribution < -0.4 is 5.32 Å². The van der Waals surface area contributed by atoms with Crippen molar-refractivity contribution in [2.24, 2.45) is 5.41 Å². The lowest BCUT2D eigenvalue weighted by atomic mass is 9.63. The number of rotatable bonds is 5. The summed E-state index contributed by atoms with van der Waals surface area (Å²) in [6.45, 7) is 1.46. The third kappa shape index (κ3) is 2.51. The maximum absolute atomic E-state index is 11.6. The van der Waals surface area contributed by atoms with Crippen LogP contribution in [0.25, 0.3) is 0 Å². The van der Waals surface area contributed by atoms with Crippen molar-refractivity contribution in [3.8, 4) is 0 Å². The summed E-state index contributed by atoms with van der Waals surface area (Å²) in [7, 11) is 0. The summed E-state index contributed by atoms with van der Waals surface area (Å²) in [5.74, 6) is 0. The highest BCUT2D eigenvalue weighted by Gasteiger charge is 2.62. The number of amides is 1. The fraction of sp³-hybridized carbons (Fsp3) is 0.533. The molecule has 1 saturated carbocycles. The lowest BCUT2D eigenvalue weighted by Gasteiger charge is -2.43. The summed E-state index contributed by atoms with van der Waals surface area (Å²) in [5.41, 5.74) is 0.616. The summed E-state index contributed by atoms with van der Waals surface area (Å²) in [5, 5.41) is 12.0. The zero-order valence-corrected chi connectivity index (χ0v) is 11.3. The second kappa shape index (κ2) is 5.07. The Morgan fingerprint density at radius 2 is 2.10 bits per heavy atom. The molecule has 108 valence electrons. The first-order valence-corrected chi connectivity index (χ1v) is 6.85. The van der Waals surface area contributed by atoms with Crippen molar-refractivity contribution < 1.29 is 19.4 Å². The smallest absolute Gasteiger partial charge is 0.407 e. The summed E-state index contributed by atoms with van der Waals surface area (Å²) >= 11 is 0. The number of hydrogen-bond acceptors (Lipinski definition) is 4. The van der Waals surface area contributed by atoms with Gasteiger partial charge in [0.1, 0.15) is 6.61 Å². The van der Waals surface area contributed by atoms with Crippen molar-refractivity contribution in [1.29, 1.82) is 0 Å². The molecule has 2 heterocycles. The van der Waals surface area contributed by atoms with E-state index in [1.54, 1.807) is 0 Å². The number of aliphatic hydroxyl groups excluding tert-OH is 1. The van der Waals surface area contributed by atoms with Gasteiger partial charge >= 0.3 is 6.09 Å². The molecule has 0 atom stereocenters. The Hall–Kier alpha value is -1.59. The van der Waals surface area contributed by atoms with Crippen LogP contribution in [0.4, 0.5) is 4.79 Å². The molecule has 0 radical (unpaired) electrons. The Morgan fingerprint density at radius 3 is 2.75 bits per heavy atom. The van der Waals surface area contributed by atoms with E-state index in [0.29, 0.717) is 13.2 Å². The summed E-state index contributed by atoms with van der Waals surface area (Å²) in [6.07, 6.45) is 1.20. The highest BCUT2D eigenvalue weighted by molar-refractivity contribution is 5.67. The number of carbonyl (C=O) groups excluding carboxylic acids is 1. The van der Waals surface area contributed by atoms with Gasteiger partial charge in [-0.3, -0.25) is 0 Å². The summed E-state index contributed by atoms with van der Waals surface area (Å²) in [6, 6.07) is 9.56. The van der Waals surface area contributed by atoms with Gasteiger partial charge in [-0.05, 0) is 18.4 Å². The van der Waals surface area contributed by atoms with Crippen molar-refractivity contribution in [3.63, 3.8) is 0 Å². The van der Waals surface area contributed by atoms with Gasteiger partial charge in [-0.1, -0.05) is 30.3 Å². The van der Waals surface area contributed by atoms with Gasteiger partial charge in [-0.25, -0.2) is 4.79 Å². The molecule has 4 rings (SSSR count). The number of carbonyl (C=O) groups is 1. The van der Waals surface area contributed by atoms with Crippen molar-refractivity contribution >= 4 is 6.09 Å². The van der Waals surface area contributed by atoms with Gasteiger partial charge in [0.15, 0.2) is 0 Å². The molecule has 1 aliphatic carbocycles. The zero-order chi connectivity index (χ0) is 14.1. The highest BCUT2D eigenvalue weighted by Crippen LogP contribution is 2.57. The minimum Gasteiger partial charge on any atom is -0.445 e. The number of ether oxygens (including phenoxy) is 2.